The molecule has 120 valence electrons. The summed E-state index contributed by atoms with van der Waals surface area (Å²) in [4.78, 5) is 19.5. The molecule has 0 aliphatic carbocycles. The number of β-amino-alcohol motifs (C(OH)–C–C–N with tert-alkyl or cyclic N) is 1. The highest BCUT2D eigenvalue weighted by Crippen LogP contribution is 2.14. The molecule has 2 aromatic heterocycles. The van der Waals surface area contributed by atoms with Crippen LogP contribution in [0.4, 0.5) is 0 Å². The summed E-state index contributed by atoms with van der Waals surface area (Å²) >= 11 is 1.45. The van der Waals surface area contributed by atoms with Gasteiger partial charge >= 0.3 is 0 Å². The van der Waals surface area contributed by atoms with Crippen molar-refractivity contribution in [2.24, 2.45) is 0 Å². The van der Waals surface area contributed by atoms with Gasteiger partial charge in [0.15, 0.2) is 0 Å². The summed E-state index contributed by atoms with van der Waals surface area (Å²) in [5, 5.41) is 12.8. The average Bonchev–Trinajstić information content (AvgIpc) is 2.90. The SMILES string of the molecule is CC1CN(CC(O)Cn2cnc3sccc3c2=O)CC(C)O1. The van der Waals surface area contributed by atoms with Gasteiger partial charge in [0.25, 0.3) is 5.56 Å². The molecule has 3 atom stereocenters. The van der Waals surface area contributed by atoms with E-state index in [0.29, 0.717) is 11.9 Å². The van der Waals surface area contributed by atoms with Gasteiger partial charge in [-0.05, 0) is 25.3 Å². The number of hydrogen-bond acceptors (Lipinski definition) is 6. The zero-order valence-corrected chi connectivity index (χ0v) is 13.6. The fraction of sp³-hybridized carbons (Fsp3) is 0.600. The first-order chi connectivity index (χ1) is 10.5. The van der Waals surface area contributed by atoms with Crippen molar-refractivity contribution in [2.75, 3.05) is 19.6 Å². The Kier molecular flexibility index (Phi) is 4.58. The molecule has 3 unspecified atom stereocenters. The average molecular weight is 323 g/mol. The summed E-state index contributed by atoms with van der Waals surface area (Å²) in [6, 6.07) is 1.78. The van der Waals surface area contributed by atoms with Gasteiger partial charge in [0.1, 0.15) is 4.83 Å². The minimum atomic E-state index is -0.604. The van der Waals surface area contributed by atoms with Crippen molar-refractivity contribution in [2.45, 2.75) is 38.7 Å². The highest BCUT2D eigenvalue weighted by Gasteiger charge is 2.24. The summed E-state index contributed by atoms with van der Waals surface area (Å²) in [5.74, 6) is 0. The molecular formula is C15H21N3O3S. The van der Waals surface area contributed by atoms with Crippen LogP contribution in [0.2, 0.25) is 0 Å². The lowest BCUT2D eigenvalue weighted by atomic mass is 10.2. The van der Waals surface area contributed by atoms with Crippen LogP contribution in [0, 0.1) is 0 Å². The molecule has 7 heteroatoms. The summed E-state index contributed by atoms with van der Waals surface area (Å²) in [7, 11) is 0. The number of nitrogens with zero attached hydrogens (tertiary/aromatic N) is 3. The second-order valence-electron chi connectivity index (χ2n) is 5.97. The molecule has 0 radical (unpaired) electrons. The molecule has 0 saturated carbocycles. The van der Waals surface area contributed by atoms with Crippen LogP contribution in [0.5, 0.6) is 0 Å². The molecule has 1 N–H and O–H groups in total. The van der Waals surface area contributed by atoms with E-state index < -0.39 is 6.10 Å². The fourth-order valence-electron chi connectivity index (χ4n) is 3.04. The van der Waals surface area contributed by atoms with Gasteiger partial charge in [0.05, 0.1) is 36.6 Å². The largest absolute Gasteiger partial charge is 0.390 e. The Bertz CT molecular complexity index is 689. The fourth-order valence-corrected chi connectivity index (χ4v) is 3.76. The molecule has 0 amide bonds. The minimum absolute atomic E-state index is 0.0889. The molecule has 0 spiro atoms. The lowest BCUT2D eigenvalue weighted by Crippen LogP contribution is -2.48. The van der Waals surface area contributed by atoms with Gasteiger partial charge < -0.3 is 9.84 Å². The number of aromatic nitrogens is 2. The van der Waals surface area contributed by atoms with E-state index in [1.807, 2.05) is 19.2 Å². The first kappa shape index (κ1) is 15.6. The number of aliphatic hydroxyl groups is 1. The van der Waals surface area contributed by atoms with Crippen LogP contribution in [0.15, 0.2) is 22.6 Å². The quantitative estimate of drug-likeness (QED) is 0.906. The van der Waals surface area contributed by atoms with E-state index in [4.69, 9.17) is 4.74 Å². The minimum Gasteiger partial charge on any atom is -0.390 e. The predicted octanol–water partition coefficient (Wildman–Crippen LogP) is 0.928. The lowest BCUT2D eigenvalue weighted by Gasteiger charge is -2.36. The van der Waals surface area contributed by atoms with Crippen molar-refractivity contribution in [3.05, 3.63) is 28.1 Å². The molecular weight excluding hydrogens is 302 g/mol. The lowest BCUT2D eigenvalue weighted by molar-refractivity contribution is -0.0773. The number of fused-ring (bicyclic) bond motifs is 1. The second kappa shape index (κ2) is 6.45. The maximum atomic E-state index is 12.3. The Morgan fingerprint density at radius 3 is 2.86 bits per heavy atom. The van der Waals surface area contributed by atoms with Crippen molar-refractivity contribution in [1.29, 1.82) is 0 Å². The van der Waals surface area contributed by atoms with Gasteiger partial charge in [0, 0.05) is 19.6 Å². The Morgan fingerprint density at radius 2 is 2.14 bits per heavy atom. The molecule has 1 aliphatic rings. The van der Waals surface area contributed by atoms with Crippen LogP contribution < -0.4 is 5.56 Å². The van der Waals surface area contributed by atoms with Crippen LogP contribution in [0.25, 0.3) is 10.2 Å². The molecule has 1 saturated heterocycles. The van der Waals surface area contributed by atoms with E-state index >= 15 is 0 Å². The number of hydrogen-bond donors (Lipinski definition) is 1. The number of thiophene rings is 1. The van der Waals surface area contributed by atoms with Gasteiger partial charge in [-0.3, -0.25) is 14.3 Å². The highest BCUT2D eigenvalue weighted by molar-refractivity contribution is 7.16. The number of morpholine rings is 1. The molecule has 2 aromatic rings. The van der Waals surface area contributed by atoms with E-state index in [-0.39, 0.29) is 24.3 Å². The van der Waals surface area contributed by atoms with Gasteiger partial charge in [-0.25, -0.2) is 4.98 Å². The molecule has 0 bridgehead atoms. The Labute approximate surface area is 133 Å². The van der Waals surface area contributed by atoms with Crippen molar-refractivity contribution in [3.63, 3.8) is 0 Å². The van der Waals surface area contributed by atoms with Crippen LogP contribution in [0.1, 0.15) is 13.8 Å². The van der Waals surface area contributed by atoms with Crippen LogP contribution in [0.3, 0.4) is 0 Å². The van der Waals surface area contributed by atoms with Gasteiger partial charge in [-0.2, -0.15) is 0 Å². The van der Waals surface area contributed by atoms with Crippen LogP contribution in [-0.4, -0.2) is 57.5 Å². The Hall–Kier alpha value is -1.28. The first-order valence-corrected chi connectivity index (χ1v) is 8.39. The summed E-state index contributed by atoms with van der Waals surface area (Å²) in [6.45, 7) is 6.47. The summed E-state index contributed by atoms with van der Waals surface area (Å²) < 4.78 is 7.18. The highest BCUT2D eigenvalue weighted by atomic mass is 32.1. The molecule has 22 heavy (non-hydrogen) atoms. The maximum Gasteiger partial charge on any atom is 0.262 e. The van der Waals surface area contributed by atoms with Crippen LogP contribution >= 0.6 is 11.3 Å². The third-order valence-corrected chi connectivity index (χ3v) is 4.64. The van der Waals surface area contributed by atoms with Crippen LogP contribution in [-0.2, 0) is 11.3 Å². The smallest absolute Gasteiger partial charge is 0.262 e. The van der Waals surface area contributed by atoms with Gasteiger partial charge in [-0.1, -0.05) is 0 Å². The topological polar surface area (TPSA) is 67.6 Å². The van der Waals surface area contributed by atoms with Crippen molar-refractivity contribution < 1.29 is 9.84 Å². The molecule has 1 aliphatic heterocycles. The molecule has 0 aromatic carbocycles. The van der Waals surface area contributed by atoms with Crippen molar-refractivity contribution in [3.8, 4) is 0 Å². The first-order valence-electron chi connectivity index (χ1n) is 7.51. The van der Waals surface area contributed by atoms with Crippen molar-refractivity contribution >= 4 is 21.6 Å². The standard InChI is InChI=1S/C15H21N3O3S/c1-10-5-17(6-11(2)21-10)7-12(19)8-18-9-16-14-13(15(18)20)3-4-22-14/h3-4,9-12,19H,5-8H2,1-2H3. The summed E-state index contributed by atoms with van der Waals surface area (Å²) in [6.07, 6.45) is 1.26. The molecule has 1 fully saturated rings. The van der Waals surface area contributed by atoms with E-state index in [1.54, 1.807) is 6.07 Å². The molecule has 6 nitrogen and oxygen atoms in total. The predicted molar refractivity (Wildman–Crippen MR) is 86.3 cm³/mol. The number of rotatable bonds is 4. The molecule has 3 heterocycles. The number of ether oxygens (including phenoxy) is 1. The van der Waals surface area contributed by atoms with E-state index in [2.05, 4.69) is 9.88 Å². The van der Waals surface area contributed by atoms with Crippen molar-refractivity contribution in [1.82, 2.24) is 14.5 Å². The molecule has 3 rings (SSSR count). The summed E-state index contributed by atoms with van der Waals surface area (Å²) in [5.41, 5.74) is -0.0889. The number of aliphatic hydroxyl groups excluding tert-OH is 1. The Morgan fingerprint density at radius 1 is 1.41 bits per heavy atom. The zero-order valence-electron chi connectivity index (χ0n) is 12.8. The second-order valence-corrected chi connectivity index (χ2v) is 6.87. The monoisotopic (exact) mass is 323 g/mol. The third-order valence-electron chi connectivity index (χ3n) is 3.82. The normalized spacial score (nSPS) is 24.7. The van der Waals surface area contributed by atoms with E-state index in [9.17, 15) is 9.90 Å². The van der Waals surface area contributed by atoms with Gasteiger partial charge in [0.2, 0.25) is 0 Å². The Balaban J connectivity index is 1.66. The van der Waals surface area contributed by atoms with E-state index in [0.717, 1.165) is 17.9 Å². The van der Waals surface area contributed by atoms with Gasteiger partial charge in [-0.15, -0.1) is 11.3 Å². The third kappa shape index (κ3) is 3.38. The zero-order chi connectivity index (χ0) is 15.7. The van der Waals surface area contributed by atoms with E-state index in [1.165, 1.54) is 22.2 Å². The maximum absolute atomic E-state index is 12.3.